The molecule has 0 aromatic heterocycles. The third kappa shape index (κ3) is 1.82. The Labute approximate surface area is 95.8 Å². The second kappa shape index (κ2) is 4.24. The van der Waals surface area contributed by atoms with Gasteiger partial charge in [-0.1, -0.05) is 12.2 Å². The predicted molar refractivity (Wildman–Crippen MR) is 61.6 cm³/mol. The van der Waals surface area contributed by atoms with Gasteiger partial charge in [-0.25, -0.2) is 0 Å². The molecule has 0 bridgehead atoms. The van der Waals surface area contributed by atoms with Gasteiger partial charge < -0.3 is 0 Å². The van der Waals surface area contributed by atoms with Crippen molar-refractivity contribution in [3.63, 3.8) is 0 Å². The number of hydrogen-bond acceptors (Lipinski definition) is 2. The molecular weight excluding hydrogens is 202 g/mol. The summed E-state index contributed by atoms with van der Waals surface area (Å²) in [5.74, 6) is 0.329. The van der Waals surface area contributed by atoms with Crippen molar-refractivity contribution in [2.24, 2.45) is 5.92 Å². The van der Waals surface area contributed by atoms with Gasteiger partial charge in [-0.15, -0.1) is 0 Å². The van der Waals surface area contributed by atoms with E-state index < -0.39 is 0 Å². The molecule has 3 heteroatoms. The maximum Gasteiger partial charge on any atom is 0.256 e. The Kier molecular flexibility index (Phi) is 2.95. The first-order chi connectivity index (χ1) is 7.61. The Morgan fingerprint density at radius 1 is 1.25 bits per heavy atom. The Morgan fingerprint density at radius 2 is 1.88 bits per heavy atom. The molecular formula is C13H17NO2. The summed E-state index contributed by atoms with van der Waals surface area (Å²) >= 11 is 0. The van der Waals surface area contributed by atoms with Crippen LogP contribution in [0.3, 0.4) is 0 Å². The number of rotatable bonds is 3. The average molecular weight is 219 g/mol. The smallest absolute Gasteiger partial charge is 0.256 e. The number of allylic oxidation sites excluding steroid dienone is 2. The largest absolute Gasteiger partial charge is 0.275 e. The lowest BCUT2D eigenvalue weighted by molar-refractivity contribution is -0.137. The van der Waals surface area contributed by atoms with Gasteiger partial charge in [-0.2, -0.15) is 0 Å². The van der Waals surface area contributed by atoms with Gasteiger partial charge in [0.1, 0.15) is 0 Å². The highest BCUT2D eigenvalue weighted by atomic mass is 16.2. The summed E-state index contributed by atoms with van der Waals surface area (Å²) in [6.07, 6.45) is 7.55. The van der Waals surface area contributed by atoms with E-state index in [2.05, 4.69) is 12.2 Å². The van der Waals surface area contributed by atoms with E-state index in [0.29, 0.717) is 23.6 Å². The van der Waals surface area contributed by atoms with Crippen LogP contribution in [0.25, 0.3) is 0 Å². The molecule has 0 saturated carbocycles. The van der Waals surface area contributed by atoms with E-state index in [1.807, 2.05) is 0 Å². The molecule has 2 aliphatic rings. The molecule has 0 spiro atoms. The molecule has 0 saturated heterocycles. The van der Waals surface area contributed by atoms with Crippen LogP contribution < -0.4 is 0 Å². The fraction of sp³-hybridized carbons (Fsp3) is 0.538. The van der Waals surface area contributed by atoms with Crippen molar-refractivity contribution < 1.29 is 9.59 Å². The van der Waals surface area contributed by atoms with E-state index in [4.69, 9.17) is 0 Å². The lowest BCUT2D eigenvalue weighted by Crippen LogP contribution is -2.33. The third-order valence-electron chi connectivity index (χ3n) is 3.53. The van der Waals surface area contributed by atoms with Crippen molar-refractivity contribution >= 4 is 11.8 Å². The molecule has 1 heterocycles. The van der Waals surface area contributed by atoms with E-state index in [0.717, 1.165) is 19.3 Å². The van der Waals surface area contributed by atoms with Gasteiger partial charge in [0.15, 0.2) is 0 Å². The van der Waals surface area contributed by atoms with Crippen LogP contribution in [0.4, 0.5) is 0 Å². The van der Waals surface area contributed by atoms with Crippen molar-refractivity contribution in [2.75, 3.05) is 6.54 Å². The predicted octanol–water partition coefficient (Wildman–Crippen LogP) is 2.05. The van der Waals surface area contributed by atoms with E-state index >= 15 is 0 Å². The zero-order valence-corrected chi connectivity index (χ0v) is 9.82. The molecule has 2 amide bonds. The van der Waals surface area contributed by atoms with Gasteiger partial charge in [-0.3, -0.25) is 14.5 Å². The zero-order valence-electron chi connectivity index (χ0n) is 9.82. The fourth-order valence-corrected chi connectivity index (χ4v) is 2.25. The SMILES string of the molecule is CC1=C(C)C(=O)N(CCC2C=CCC2)C1=O. The second-order valence-corrected chi connectivity index (χ2v) is 4.57. The van der Waals surface area contributed by atoms with Gasteiger partial charge in [0.2, 0.25) is 0 Å². The standard InChI is InChI=1S/C13H17NO2/c1-9-10(2)13(16)14(12(9)15)8-7-11-5-3-4-6-11/h3,5,11H,4,6-8H2,1-2H3. The summed E-state index contributed by atoms with van der Waals surface area (Å²) in [6.45, 7) is 4.01. The first-order valence-corrected chi connectivity index (χ1v) is 5.81. The molecule has 1 atom stereocenters. The van der Waals surface area contributed by atoms with Crippen LogP contribution in [0.1, 0.15) is 33.1 Å². The van der Waals surface area contributed by atoms with Crippen molar-refractivity contribution in [1.29, 1.82) is 0 Å². The van der Waals surface area contributed by atoms with Crippen molar-refractivity contribution in [2.45, 2.75) is 33.1 Å². The normalized spacial score (nSPS) is 25.1. The van der Waals surface area contributed by atoms with E-state index in [9.17, 15) is 9.59 Å². The van der Waals surface area contributed by atoms with Crippen LogP contribution in [-0.2, 0) is 9.59 Å². The number of imide groups is 1. The molecule has 1 unspecified atom stereocenters. The molecule has 0 N–H and O–H groups in total. The number of carbonyl (C=O) groups is 2. The molecule has 0 fully saturated rings. The average Bonchev–Trinajstić information content (AvgIpc) is 2.84. The minimum atomic E-state index is -0.107. The summed E-state index contributed by atoms with van der Waals surface area (Å²) in [4.78, 5) is 24.9. The lowest BCUT2D eigenvalue weighted by atomic mass is 10.1. The first kappa shape index (κ1) is 11.1. The molecule has 86 valence electrons. The van der Waals surface area contributed by atoms with Gasteiger partial charge in [-0.05, 0) is 39.0 Å². The minimum absolute atomic E-state index is 0.107. The number of carbonyl (C=O) groups excluding carboxylic acids is 2. The highest BCUT2D eigenvalue weighted by Crippen LogP contribution is 2.24. The molecule has 0 radical (unpaired) electrons. The topological polar surface area (TPSA) is 37.4 Å². The van der Waals surface area contributed by atoms with Crippen molar-refractivity contribution in [1.82, 2.24) is 4.90 Å². The number of nitrogens with zero attached hydrogens (tertiary/aromatic N) is 1. The van der Waals surface area contributed by atoms with Crippen LogP contribution in [-0.4, -0.2) is 23.3 Å². The van der Waals surface area contributed by atoms with Crippen molar-refractivity contribution in [3.8, 4) is 0 Å². The highest BCUT2D eigenvalue weighted by molar-refractivity contribution is 6.18. The molecule has 0 aromatic carbocycles. The molecule has 0 aromatic rings. The number of hydrogen-bond donors (Lipinski definition) is 0. The quantitative estimate of drug-likeness (QED) is 0.538. The van der Waals surface area contributed by atoms with Crippen molar-refractivity contribution in [3.05, 3.63) is 23.3 Å². The summed E-state index contributed by atoms with van der Waals surface area (Å²) in [5, 5.41) is 0. The van der Waals surface area contributed by atoms with Crippen LogP contribution in [0, 0.1) is 5.92 Å². The summed E-state index contributed by atoms with van der Waals surface area (Å²) in [6, 6.07) is 0. The molecule has 1 aliphatic carbocycles. The minimum Gasteiger partial charge on any atom is -0.275 e. The summed E-state index contributed by atoms with van der Waals surface area (Å²) in [7, 11) is 0. The lowest BCUT2D eigenvalue weighted by Gasteiger charge is -2.16. The fourth-order valence-electron chi connectivity index (χ4n) is 2.25. The Bertz CT molecular complexity index is 369. The zero-order chi connectivity index (χ0) is 11.7. The van der Waals surface area contributed by atoms with Crippen LogP contribution in [0.15, 0.2) is 23.3 Å². The van der Waals surface area contributed by atoms with Gasteiger partial charge in [0.05, 0.1) is 0 Å². The second-order valence-electron chi connectivity index (χ2n) is 4.57. The monoisotopic (exact) mass is 219 g/mol. The number of amides is 2. The Morgan fingerprint density at radius 3 is 2.38 bits per heavy atom. The Balaban J connectivity index is 1.94. The maximum absolute atomic E-state index is 11.8. The highest BCUT2D eigenvalue weighted by Gasteiger charge is 2.33. The van der Waals surface area contributed by atoms with Crippen LogP contribution in [0.5, 0.6) is 0 Å². The van der Waals surface area contributed by atoms with Gasteiger partial charge >= 0.3 is 0 Å². The van der Waals surface area contributed by atoms with Crippen LogP contribution in [0.2, 0.25) is 0 Å². The van der Waals surface area contributed by atoms with E-state index in [1.54, 1.807) is 13.8 Å². The molecule has 16 heavy (non-hydrogen) atoms. The van der Waals surface area contributed by atoms with Crippen LogP contribution >= 0.6 is 0 Å². The van der Waals surface area contributed by atoms with Gasteiger partial charge in [0, 0.05) is 17.7 Å². The van der Waals surface area contributed by atoms with E-state index in [-0.39, 0.29) is 11.8 Å². The third-order valence-corrected chi connectivity index (χ3v) is 3.53. The molecule has 1 aliphatic heterocycles. The van der Waals surface area contributed by atoms with E-state index in [1.165, 1.54) is 4.90 Å². The maximum atomic E-state index is 11.8. The molecule has 2 rings (SSSR count). The Hall–Kier alpha value is -1.38. The summed E-state index contributed by atoms with van der Waals surface area (Å²) < 4.78 is 0. The first-order valence-electron chi connectivity index (χ1n) is 5.81. The molecule has 3 nitrogen and oxygen atoms in total. The van der Waals surface area contributed by atoms with Gasteiger partial charge in [0.25, 0.3) is 11.8 Å². The summed E-state index contributed by atoms with van der Waals surface area (Å²) in [5.41, 5.74) is 1.21.